The van der Waals surface area contributed by atoms with Crippen LogP contribution in [0.1, 0.15) is 18.1 Å². The molecule has 1 aromatic carbocycles. The standard InChI is InChI=1S/C11H13BrNP/c1-3-8-4-9-7(2)6-13(14)11(9)5-10(8)12/h4-6H,3,14H2,1-2H3. The van der Waals surface area contributed by atoms with E-state index in [1.807, 2.05) is 0 Å². The smallest absolute Gasteiger partial charge is 0.0523 e. The monoisotopic (exact) mass is 269 g/mol. The molecule has 0 bridgehead atoms. The van der Waals surface area contributed by atoms with Crippen LogP contribution in [0.15, 0.2) is 22.8 Å². The van der Waals surface area contributed by atoms with E-state index in [-0.39, 0.29) is 0 Å². The van der Waals surface area contributed by atoms with Gasteiger partial charge >= 0.3 is 0 Å². The zero-order chi connectivity index (χ0) is 10.3. The van der Waals surface area contributed by atoms with Crippen LogP contribution in [-0.4, -0.2) is 4.34 Å². The van der Waals surface area contributed by atoms with Gasteiger partial charge in [-0.3, -0.25) is 0 Å². The lowest BCUT2D eigenvalue weighted by Crippen LogP contribution is -1.84. The van der Waals surface area contributed by atoms with Gasteiger partial charge in [0.15, 0.2) is 0 Å². The van der Waals surface area contributed by atoms with E-state index in [1.54, 1.807) is 0 Å². The Morgan fingerprint density at radius 2 is 2.14 bits per heavy atom. The summed E-state index contributed by atoms with van der Waals surface area (Å²) in [6, 6.07) is 4.46. The second-order valence-corrected chi connectivity index (χ2v) is 4.94. The SMILES string of the molecule is CCc1cc2c(C)cn(P)c2cc1Br. The molecule has 0 aliphatic carbocycles. The normalized spacial score (nSPS) is 11.1. The van der Waals surface area contributed by atoms with Crippen molar-refractivity contribution >= 4 is 36.2 Å². The van der Waals surface area contributed by atoms with Crippen LogP contribution in [0.4, 0.5) is 0 Å². The highest BCUT2D eigenvalue weighted by Crippen LogP contribution is 2.29. The van der Waals surface area contributed by atoms with Gasteiger partial charge in [0.2, 0.25) is 0 Å². The Kier molecular flexibility index (Phi) is 2.68. The Morgan fingerprint density at radius 1 is 1.43 bits per heavy atom. The lowest BCUT2D eigenvalue weighted by molar-refractivity contribution is 1.13. The maximum absolute atomic E-state index is 3.60. The highest BCUT2D eigenvalue weighted by Gasteiger charge is 2.06. The summed E-state index contributed by atoms with van der Waals surface area (Å²) in [5, 5.41) is 1.35. The molecule has 1 aromatic heterocycles. The second kappa shape index (κ2) is 3.67. The van der Waals surface area contributed by atoms with E-state index in [0.717, 1.165) is 6.42 Å². The van der Waals surface area contributed by atoms with Gasteiger partial charge in [-0.05, 0) is 46.0 Å². The number of halogens is 1. The Labute approximate surface area is 94.9 Å². The lowest BCUT2D eigenvalue weighted by atomic mass is 10.1. The van der Waals surface area contributed by atoms with E-state index in [0.29, 0.717) is 0 Å². The summed E-state index contributed by atoms with van der Waals surface area (Å²) in [4.78, 5) is 0. The van der Waals surface area contributed by atoms with Crippen molar-refractivity contribution in [2.45, 2.75) is 20.3 Å². The summed E-state index contributed by atoms with van der Waals surface area (Å²) in [7, 11) is 2.71. The van der Waals surface area contributed by atoms with Gasteiger partial charge in [-0.1, -0.05) is 22.9 Å². The molecule has 1 atom stereocenters. The van der Waals surface area contributed by atoms with Gasteiger partial charge in [-0.2, -0.15) is 0 Å². The summed E-state index contributed by atoms with van der Waals surface area (Å²) in [6.07, 6.45) is 3.21. The number of aryl methyl sites for hydroxylation is 2. The van der Waals surface area contributed by atoms with Crippen molar-refractivity contribution in [1.29, 1.82) is 0 Å². The molecular weight excluding hydrogens is 257 g/mol. The molecule has 1 nitrogen and oxygen atoms in total. The van der Waals surface area contributed by atoms with Gasteiger partial charge in [0, 0.05) is 16.1 Å². The zero-order valence-corrected chi connectivity index (χ0v) is 11.1. The fourth-order valence-corrected chi connectivity index (χ4v) is 2.80. The molecule has 2 aromatic rings. The number of hydrogen-bond donors (Lipinski definition) is 0. The first-order valence-electron chi connectivity index (χ1n) is 4.68. The summed E-state index contributed by atoms with van der Waals surface area (Å²) >= 11 is 3.60. The number of rotatable bonds is 1. The van der Waals surface area contributed by atoms with Crippen LogP contribution in [0.2, 0.25) is 0 Å². The van der Waals surface area contributed by atoms with E-state index >= 15 is 0 Å². The van der Waals surface area contributed by atoms with Crippen molar-refractivity contribution in [1.82, 2.24) is 4.34 Å². The Balaban J connectivity index is 2.82. The molecule has 0 saturated carbocycles. The van der Waals surface area contributed by atoms with Crippen molar-refractivity contribution in [3.8, 4) is 0 Å². The second-order valence-electron chi connectivity index (χ2n) is 3.53. The molecule has 14 heavy (non-hydrogen) atoms. The van der Waals surface area contributed by atoms with Gasteiger partial charge in [-0.25, -0.2) is 0 Å². The van der Waals surface area contributed by atoms with E-state index in [9.17, 15) is 0 Å². The first-order chi connectivity index (χ1) is 6.63. The Hall–Kier alpha value is -0.330. The molecule has 0 radical (unpaired) electrons. The number of aromatic nitrogens is 1. The van der Waals surface area contributed by atoms with E-state index in [4.69, 9.17) is 0 Å². The van der Waals surface area contributed by atoms with Gasteiger partial charge in [0.1, 0.15) is 0 Å². The maximum atomic E-state index is 3.60. The van der Waals surface area contributed by atoms with E-state index in [2.05, 4.69) is 61.8 Å². The third-order valence-electron chi connectivity index (χ3n) is 2.58. The van der Waals surface area contributed by atoms with Gasteiger partial charge in [0.25, 0.3) is 0 Å². The minimum absolute atomic E-state index is 1.07. The molecule has 0 amide bonds. The van der Waals surface area contributed by atoms with Crippen LogP contribution in [0.5, 0.6) is 0 Å². The number of benzene rings is 1. The van der Waals surface area contributed by atoms with Crippen LogP contribution in [-0.2, 0) is 6.42 Å². The van der Waals surface area contributed by atoms with Crippen LogP contribution < -0.4 is 0 Å². The minimum Gasteiger partial charge on any atom is -0.332 e. The number of hydrogen-bond acceptors (Lipinski definition) is 0. The first kappa shape index (κ1) is 10.2. The predicted molar refractivity (Wildman–Crippen MR) is 68.9 cm³/mol. The van der Waals surface area contributed by atoms with Crippen LogP contribution >= 0.6 is 25.3 Å². The summed E-state index contributed by atoms with van der Waals surface area (Å²) in [5.41, 5.74) is 3.96. The van der Waals surface area contributed by atoms with Crippen LogP contribution in [0.3, 0.4) is 0 Å². The van der Waals surface area contributed by atoms with E-state index in [1.165, 1.54) is 26.5 Å². The summed E-state index contributed by atoms with van der Waals surface area (Å²) in [5.74, 6) is 0. The Morgan fingerprint density at radius 3 is 2.79 bits per heavy atom. The van der Waals surface area contributed by atoms with Gasteiger partial charge in [-0.15, -0.1) is 0 Å². The van der Waals surface area contributed by atoms with Crippen LogP contribution in [0.25, 0.3) is 10.9 Å². The largest absolute Gasteiger partial charge is 0.332 e. The molecule has 0 saturated heterocycles. The van der Waals surface area contributed by atoms with Crippen molar-refractivity contribution < 1.29 is 0 Å². The predicted octanol–water partition coefficient (Wildman–Crippen LogP) is 3.91. The quantitative estimate of drug-likeness (QED) is 0.692. The van der Waals surface area contributed by atoms with Gasteiger partial charge in [0.05, 0.1) is 5.52 Å². The maximum Gasteiger partial charge on any atom is 0.0523 e. The molecule has 1 heterocycles. The fraction of sp³-hybridized carbons (Fsp3) is 0.273. The molecule has 0 N–H and O–H groups in total. The average molecular weight is 270 g/mol. The summed E-state index contributed by atoms with van der Waals surface area (Å²) < 4.78 is 3.30. The van der Waals surface area contributed by atoms with Crippen molar-refractivity contribution in [2.75, 3.05) is 0 Å². The first-order valence-corrected chi connectivity index (χ1v) is 5.99. The average Bonchev–Trinajstić information content (AvgIpc) is 2.41. The third-order valence-corrected chi connectivity index (χ3v) is 3.75. The molecule has 3 heteroatoms. The summed E-state index contributed by atoms with van der Waals surface area (Å²) in [6.45, 7) is 4.33. The molecule has 74 valence electrons. The lowest BCUT2D eigenvalue weighted by Gasteiger charge is -2.03. The van der Waals surface area contributed by atoms with Crippen molar-refractivity contribution in [3.63, 3.8) is 0 Å². The van der Waals surface area contributed by atoms with Crippen LogP contribution in [0, 0.1) is 6.92 Å². The molecule has 0 aliphatic heterocycles. The number of nitrogens with zero attached hydrogens (tertiary/aromatic N) is 1. The molecular formula is C11H13BrNP. The van der Waals surface area contributed by atoms with Crippen molar-refractivity contribution in [2.24, 2.45) is 0 Å². The topological polar surface area (TPSA) is 4.93 Å². The molecule has 0 fully saturated rings. The molecule has 0 aliphatic rings. The molecule has 2 rings (SSSR count). The highest BCUT2D eigenvalue weighted by atomic mass is 79.9. The molecule has 1 unspecified atom stereocenters. The third kappa shape index (κ3) is 1.51. The fourth-order valence-electron chi connectivity index (χ4n) is 1.76. The highest BCUT2D eigenvalue weighted by molar-refractivity contribution is 9.10. The van der Waals surface area contributed by atoms with Gasteiger partial charge < -0.3 is 4.34 Å². The number of fused-ring (bicyclic) bond motifs is 1. The zero-order valence-electron chi connectivity index (χ0n) is 8.34. The Bertz CT molecular complexity index is 487. The van der Waals surface area contributed by atoms with Crippen molar-refractivity contribution in [3.05, 3.63) is 33.9 Å². The van der Waals surface area contributed by atoms with E-state index < -0.39 is 0 Å². The molecule has 0 spiro atoms. The minimum atomic E-state index is 1.07.